The minimum Gasteiger partial charge on any atom is -0.366 e. The largest absolute Gasteiger partial charge is 0.366 e. The van der Waals surface area contributed by atoms with E-state index >= 15 is 0 Å². The van der Waals surface area contributed by atoms with Crippen LogP contribution in [0.25, 0.3) is 0 Å². The summed E-state index contributed by atoms with van der Waals surface area (Å²) in [7, 11) is 1.76. The second kappa shape index (κ2) is 6.94. The Hall–Kier alpha value is -1.85. The first-order valence-electron chi connectivity index (χ1n) is 6.78. The summed E-state index contributed by atoms with van der Waals surface area (Å²) in [6, 6.07) is 9.14. The van der Waals surface area contributed by atoms with Crippen LogP contribution in [-0.4, -0.2) is 29.8 Å². The first-order valence-corrected chi connectivity index (χ1v) is 8.04. The van der Waals surface area contributed by atoms with Crippen LogP contribution in [0.1, 0.15) is 32.5 Å². The van der Waals surface area contributed by atoms with Gasteiger partial charge in [-0.3, -0.25) is 9.59 Å². The molecule has 0 aliphatic rings. The van der Waals surface area contributed by atoms with Crippen molar-refractivity contribution in [1.82, 2.24) is 4.90 Å². The van der Waals surface area contributed by atoms with E-state index in [2.05, 4.69) is 0 Å². The van der Waals surface area contributed by atoms with E-state index in [4.69, 9.17) is 17.3 Å². The number of halogens is 1. The first kappa shape index (κ1) is 16.5. The Kier molecular flexibility index (Phi) is 5.21. The molecule has 2 rings (SSSR count). The Labute approximate surface area is 138 Å². The molecule has 0 unspecified atom stereocenters. The number of nitrogens with two attached hydrogens (primary N) is 1. The van der Waals surface area contributed by atoms with Gasteiger partial charge in [0.15, 0.2) is 0 Å². The van der Waals surface area contributed by atoms with Gasteiger partial charge in [-0.1, -0.05) is 23.7 Å². The summed E-state index contributed by atoms with van der Waals surface area (Å²) in [5, 5.41) is 2.30. The lowest BCUT2D eigenvalue weighted by Gasteiger charge is -2.24. The van der Waals surface area contributed by atoms with E-state index in [9.17, 15) is 9.59 Å². The van der Waals surface area contributed by atoms with Gasteiger partial charge >= 0.3 is 0 Å². The minimum atomic E-state index is -0.521. The van der Waals surface area contributed by atoms with E-state index < -0.39 is 5.91 Å². The summed E-state index contributed by atoms with van der Waals surface area (Å²) in [4.78, 5) is 25.7. The van der Waals surface area contributed by atoms with Gasteiger partial charge in [-0.15, -0.1) is 11.3 Å². The van der Waals surface area contributed by atoms with Crippen molar-refractivity contribution in [2.45, 2.75) is 19.4 Å². The van der Waals surface area contributed by atoms with Crippen molar-refractivity contribution in [3.63, 3.8) is 0 Å². The molecule has 2 N–H and O–H groups in total. The molecule has 0 aliphatic carbocycles. The Bertz CT molecular complexity index is 682. The van der Waals surface area contributed by atoms with Gasteiger partial charge in [0.1, 0.15) is 0 Å². The molecular weight excluding hydrogens is 320 g/mol. The summed E-state index contributed by atoms with van der Waals surface area (Å²) >= 11 is 7.10. The number of nitrogens with zero attached hydrogens (tertiary/aromatic N) is 1. The summed E-state index contributed by atoms with van der Waals surface area (Å²) in [6.45, 7) is 1.98. The zero-order valence-corrected chi connectivity index (χ0v) is 13.9. The fourth-order valence-electron chi connectivity index (χ4n) is 2.05. The molecule has 2 amide bonds. The number of benzene rings is 1. The second-order valence-corrected chi connectivity index (χ2v) is 6.51. The van der Waals surface area contributed by atoms with Crippen LogP contribution in [0, 0.1) is 0 Å². The summed E-state index contributed by atoms with van der Waals surface area (Å²) in [5.41, 5.74) is 6.69. The quantitative estimate of drug-likeness (QED) is 0.911. The highest BCUT2D eigenvalue weighted by atomic mass is 35.5. The summed E-state index contributed by atoms with van der Waals surface area (Å²) < 4.78 is 0. The molecule has 1 aromatic heterocycles. The SMILES string of the molecule is C[C@H](Cc1ccc(Cl)cc1)N(C)C(=O)c1cc(C(N)=O)cs1. The molecular formula is C16H17ClN2O2S. The van der Waals surface area contributed by atoms with Crippen LogP contribution in [0.2, 0.25) is 5.02 Å². The number of amides is 2. The van der Waals surface area contributed by atoms with Crippen LogP contribution >= 0.6 is 22.9 Å². The lowest BCUT2D eigenvalue weighted by atomic mass is 10.1. The lowest BCUT2D eigenvalue weighted by Crippen LogP contribution is -2.36. The molecule has 6 heteroatoms. The average molecular weight is 337 g/mol. The minimum absolute atomic E-state index is 0.0211. The molecule has 4 nitrogen and oxygen atoms in total. The van der Waals surface area contributed by atoms with Gasteiger partial charge in [-0.25, -0.2) is 0 Å². The molecule has 116 valence electrons. The third-order valence-electron chi connectivity index (χ3n) is 3.52. The van der Waals surface area contributed by atoms with Crippen LogP contribution < -0.4 is 5.73 Å². The molecule has 1 heterocycles. The monoisotopic (exact) mass is 336 g/mol. The number of primary amides is 1. The number of likely N-dealkylation sites (N-methyl/N-ethyl adjacent to an activating group) is 1. The number of carbonyl (C=O) groups is 2. The Morgan fingerprint density at radius 3 is 2.50 bits per heavy atom. The standard InChI is InChI=1S/C16H17ClN2O2S/c1-10(7-11-3-5-13(17)6-4-11)19(2)16(21)14-8-12(9-22-14)15(18)20/h3-6,8-10H,7H2,1-2H3,(H2,18,20)/t10-/m1/s1. The second-order valence-electron chi connectivity index (χ2n) is 5.16. The number of thiophene rings is 1. The Morgan fingerprint density at radius 1 is 1.32 bits per heavy atom. The predicted octanol–water partition coefficient (Wildman–Crippen LogP) is 3.20. The van der Waals surface area contributed by atoms with Gasteiger partial charge in [0.05, 0.1) is 10.4 Å². The van der Waals surface area contributed by atoms with Gasteiger partial charge in [-0.2, -0.15) is 0 Å². The highest BCUT2D eigenvalue weighted by molar-refractivity contribution is 7.12. The van der Waals surface area contributed by atoms with Crippen molar-refractivity contribution in [2.24, 2.45) is 5.73 Å². The van der Waals surface area contributed by atoms with Crippen LogP contribution in [0.15, 0.2) is 35.7 Å². The van der Waals surface area contributed by atoms with E-state index in [1.54, 1.807) is 23.4 Å². The van der Waals surface area contributed by atoms with E-state index in [-0.39, 0.29) is 11.9 Å². The van der Waals surface area contributed by atoms with Crippen molar-refractivity contribution >= 4 is 34.8 Å². The molecule has 0 fully saturated rings. The highest BCUT2D eigenvalue weighted by Gasteiger charge is 2.20. The van der Waals surface area contributed by atoms with Crippen molar-refractivity contribution in [3.05, 3.63) is 56.7 Å². The van der Waals surface area contributed by atoms with E-state index in [1.807, 2.05) is 31.2 Å². The maximum Gasteiger partial charge on any atom is 0.263 e. The van der Waals surface area contributed by atoms with Crippen LogP contribution in [0.4, 0.5) is 0 Å². The van der Waals surface area contributed by atoms with Gasteiger partial charge in [-0.05, 0) is 37.1 Å². The highest BCUT2D eigenvalue weighted by Crippen LogP contribution is 2.19. The van der Waals surface area contributed by atoms with Gasteiger partial charge in [0.2, 0.25) is 5.91 Å². The van der Waals surface area contributed by atoms with Crippen molar-refractivity contribution in [2.75, 3.05) is 7.05 Å². The number of rotatable bonds is 5. The molecule has 2 aromatic rings. The third-order valence-corrected chi connectivity index (χ3v) is 4.69. The maximum absolute atomic E-state index is 12.4. The molecule has 0 aliphatic heterocycles. The predicted molar refractivity (Wildman–Crippen MR) is 89.5 cm³/mol. The third kappa shape index (κ3) is 3.87. The molecule has 0 bridgehead atoms. The van der Waals surface area contributed by atoms with Crippen LogP contribution in [0.3, 0.4) is 0 Å². The lowest BCUT2D eigenvalue weighted by molar-refractivity contribution is 0.0748. The smallest absolute Gasteiger partial charge is 0.263 e. The number of hydrogen-bond donors (Lipinski definition) is 1. The van der Waals surface area contributed by atoms with Crippen molar-refractivity contribution in [1.29, 1.82) is 0 Å². The normalized spacial score (nSPS) is 12.0. The molecule has 0 radical (unpaired) electrons. The van der Waals surface area contributed by atoms with E-state index in [1.165, 1.54) is 11.3 Å². The van der Waals surface area contributed by atoms with E-state index in [0.717, 1.165) is 12.0 Å². The Morgan fingerprint density at radius 2 is 1.95 bits per heavy atom. The van der Waals surface area contributed by atoms with Crippen LogP contribution in [0.5, 0.6) is 0 Å². The fourth-order valence-corrected chi connectivity index (χ4v) is 3.05. The molecule has 1 aromatic carbocycles. The van der Waals surface area contributed by atoms with E-state index in [0.29, 0.717) is 15.5 Å². The van der Waals surface area contributed by atoms with Crippen LogP contribution in [-0.2, 0) is 6.42 Å². The molecule has 0 saturated heterocycles. The average Bonchev–Trinajstić information content (AvgIpc) is 2.98. The first-order chi connectivity index (χ1) is 10.4. The number of hydrogen-bond acceptors (Lipinski definition) is 3. The van der Waals surface area contributed by atoms with Gasteiger partial charge < -0.3 is 10.6 Å². The van der Waals surface area contributed by atoms with Gasteiger partial charge in [0, 0.05) is 23.5 Å². The van der Waals surface area contributed by atoms with Crippen molar-refractivity contribution in [3.8, 4) is 0 Å². The molecule has 1 atom stereocenters. The fraction of sp³-hybridized carbons (Fsp3) is 0.250. The topological polar surface area (TPSA) is 63.4 Å². The zero-order valence-electron chi connectivity index (χ0n) is 12.4. The maximum atomic E-state index is 12.4. The summed E-state index contributed by atoms with van der Waals surface area (Å²) in [6.07, 6.45) is 0.730. The van der Waals surface area contributed by atoms with Gasteiger partial charge in [0.25, 0.3) is 5.91 Å². The molecule has 0 spiro atoms. The summed E-state index contributed by atoms with van der Waals surface area (Å²) in [5.74, 6) is -0.633. The Balaban J connectivity index is 2.05. The number of carbonyl (C=O) groups excluding carboxylic acids is 2. The zero-order chi connectivity index (χ0) is 16.3. The molecule has 22 heavy (non-hydrogen) atoms. The van der Waals surface area contributed by atoms with Crippen molar-refractivity contribution < 1.29 is 9.59 Å². The molecule has 0 saturated carbocycles.